The molecule has 0 radical (unpaired) electrons. The Morgan fingerprint density at radius 1 is 1.14 bits per heavy atom. The maximum absolute atomic E-state index is 13.7. The van der Waals surface area contributed by atoms with Crippen LogP contribution in [0.1, 0.15) is 60.1 Å². The summed E-state index contributed by atoms with van der Waals surface area (Å²) in [5.41, 5.74) is 1.91. The lowest BCUT2D eigenvalue weighted by molar-refractivity contribution is -0.145. The van der Waals surface area contributed by atoms with Crippen molar-refractivity contribution in [1.82, 2.24) is 10.2 Å². The van der Waals surface area contributed by atoms with E-state index in [0.717, 1.165) is 37.1 Å². The van der Waals surface area contributed by atoms with Crippen LogP contribution >= 0.6 is 11.6 Å². The summed E-state index contributed by atoms with van der Waals surface area (Å²) in [6.07, 6.45) is 3.25. The van der Waals surface area contributed by atoms with Gasteiger partial charge in [0, 0.05) is 31.3 Å². The van der Waals surface area contributed by atoms with E-state index in [-0.39, 0.29) is 24.0 Å². The van der Waals surface area contributed by atoms with Crippen molar-refractivity contribution < 1.29 is 23.8 Å². The third kappa shape index (κ3) is 6.27. The van der Waals surface area contributed by atoms with Crippen molar-refractivity contribution in [2.75, 3.05) is 33.4 Å². The van der Waals surface area contributed by atoms with E-state index in [2.05, 4.69) is 10.2 Å². The molecular weight excluding hydrogens is 480 g/mol. The number of benzene rings is 2. The van der Waals surface area contributed by atoms with Crippen LogP contribution in [0.5, 0.6) is 0 Å². The number of carbonyl (C=O) groups excluding carboxylic acids is 2. The number of methoxy groups -OCH3 is 1. The van der Waals surface area contributed by atoms with Crippen molar-refractivity contribution in [2.24, 2.45) is 0 Å². The largest absolute Gasteiger partial charge is 0.465 e. The highest BCUT2D eigenvalue weighted by Crippen LogP contribution is 2.33. The first kappa shape index (κ1) is 26.6. The molecule has 0 unspecified atom stereocenters. The number of halogens is 1. The second kappa shape index (κ2) is 12.2. The van der Waals surface area contributed by atoms with E-state index in [0.29, 0.717) is 43.2 Å². The van der Waals surface area contributed by atoms with Crippen LogP contribution < -0.4 is 5.32 Å². The monoisotopic (exact) mass is 514 g/mol. The second-order valence-electron chi connectivity index (χ2n) is 9.58. The Hall–Kier alpha value is -2.45. The van der Waals surface area contributed by atoms with Crippen LogP contribution in [0.15, 0.2) is 48.5 Å². The fourth-order valence-electron chi connectivity index (χ4n) is 5.13. The van der Waals surface area contributed by atoms with E-state index in [1.807, 2.05) is 43.3 Å². The predicted molar refractivity (Wildman–Crippen MR) is 138 cm³/mol. The molecular formula is C28H35ClN2O5. The average molecular weight is 515 g/mol. The Kier molecular flexibility index (Phi) is 9.01. The molecule has 4 rings (SSSR count). The van der Waals surface area contributed by atoms with Gasteiger partial charge in [0.25, 0.3) is 0 Å². The Balaban J connectivity index is 1.36. The Morgan fingerprint density at radius 3 is 2.47 bits per heavy atom. The molecule has 2 fully saturated rings. The molecule has 0 saturated carbocycles. The summed E-state index contributed by atoms with van der Waals surface area (Å²) in [6.45, 7) is 5.25. The Labute approximate surface area is 218 Å². The summed E-state index contributed by atoms with van der Waals surface area (Å²) in [7, 11) is 1.36. The normalized spacial score (nSPS) is 19.4. The van der Waals surface area contributed by atoms with E-state index in [1.54, 1.807) is 12.1 Å². The molecule has 2 aliphatic heterocycles. The summed E-state index contributed by atoms with van der Waals surface area (Å²) in [5, 5.41) is 3.95. The first-order valence-electron chi connectivity index (χ1n) is 12.6. The minimum absolute atomic E-state index is 0.0358. The number of likely N-dealkylation sites (tertiary alicyclic amines) is 1. The first-order valence-corrected chi connectivity index (χ1v) is 13.0. The maximum Gasteiger partial charge on any atom is 0.337 e. The lowest BCUT2D eigenvalue weighted by atomic mass is 9.84. The number of piperidine rings is 1. The molecule has 2 aromatic carbocycles. The SMILES string of the molecule is COC(=O)c1ccc([C@H](C)NC(=O)C2(N3CCC(OCc4cccc(Cl)c4)CC3)CCOCC2)cc1. The highest BCUT2D eigenvalue weighted by molar-refractivity contribution is 6.30. The average Bonchev–Trinajstić information content (AvgIpc) is 2.92. The molecule has 1 N–H and O–H groups in total. The molecule has 2 aliphatic rings. The lowest BCUT2D eigenvalue weighted by Gasteiger charge is -2.48. The number of nitrogens with zero attached hydrogens (tertiary/aromatic N) is 1. The van der Waals surface area contributed by atoms with Crippen LogP contribution in [0.4, 0.5) is 0 Å². The zero-order valence-corrected chi connectivity index (χ0v) is 21.8. The molecule has 7 nitrogen and oxygen atoms in total. The van der Waals surface area contributed by atoms with Gasteiger partial charge in [-0.1, -0.05) is 35.9 Å². The van der Waals surface area contributed by atoms with Crippen LogP contribution in [0.25, 0.3) is 0 Å². The molecule has 0 aliphatic carbocycles. The van der Waals surface area contributed by atoms with Crippen LogP contribution in [0, 0.1) is 0 Å². The van der Waals surface area contributed by atoms with E-state index in [4.69, 9.17) is 25.8 Å². The topological polar surface area (TPSA) is 77.1 Å². The van der Waals surface area contributed by atoms with Crippen molar-refractivity contribution in [2.45, 2.75) is 56.9 Å². The van der Waals surface area contributed by atoms with Gasteiger partial charge >= 0.3 is 5.97 Å². The minimum Gasteiger partial charge on any atom is -0.465 e. The highest BCUT2D eigenvalue weighted by Gasteiger charge is 2.46. The van der Waals surface area contributed by atoms with Gasteiger partial charge in [0.2, 0.25) is 5.91 Å². The molecule has 194 valence electrons. The fourth-order valence-corrected chi connectivity index (χ4v) is 5.34. The van der Waals surface area contributed by atoms with Gasteiger partial charge in [-0.15, -0.1) is 0 Å². The van der Waals surface area contributed by atoms with Gasteiger partial charge in [-0.2, -0.15) is 0 Å². The molecule has 0 bridgehead atoms. The summed E-state index contributed by atoms with van der Waals surface area (Å²) >= 11 is 6.09. The van der Waals surface area contributed by atoms with Gasteiger partial charge in [-0.05, 0) is 68.0 Å². The standard InChI is InChI=1S/C28H35ClN2O5/c1-20(22-6-8-23(9-7-22)26(32)34-2)30-27(33)28(12-16-35-17-13-28)31-14-10-25(11-15-31)36-19-21-4-3-5-24(29)18-21/h3-9,18,20,25H,10-17,19H2,1-2H3,(H,30,33)/t20-/m0/s1. The third-order valence-corrected chi connectivity index (χ3v) is 7.58. The number of rotatable bonds is 8. The molecule has 0 aromatic heterocycles. The van der Waals surface area contributed by atoms with E-state index in [9.17, 15) is 9.59 Å². The van der Waals surface area contributed by atoms with Gasteiger partial charge in [-0.3, -0.25) is 9.69 Å². The number of hydrogen-bond donors (Lipinski definition) is 1. The second-order valence-corrected chi connectivity index (χ2v) is 10.0. The molecule has 2 heterocycles. The minimum atomic E-state index is -0.587. The predicted octanol–water partition coefficient (Wildman–Crippen LogP) is 4.53. The number of esters is 1. The van der Waals surface area contributed by atoms with Crippen LogP contribution in [0.2, 0.25) is 5.02 Å². The molecule has 1 amide bonds. The number of hydrogen-bond acceptors (Lipinski definition) is 6. The molecule has 2 aromatic rings. The number of amides is 1. The highest BCUT2D eigenvalue weighted by atomic mass is 35.5. The molecule has 2 saturated heterocycles. The lowest BCUT2D eigenvalue weighted by Crippen LogP contribution is -2.63. The van der Waals surface area contributed by atoms with Gasteiger partial charge in [0.1, 0.15) is 5.54 Å². The molecule has 1 atom stereocenters. The smallest absolute Gasteiger partial charge is 0.337 e. The first-order chi connectivity index (χ1) is 17.4. The van der Waals surface area contributed by atoms with Gasteiger partial charge < -0.3 is 19.5 Å². The van der Waals surface area contributed by atoms with Crippen LogP contribution in [0.3, 0.4) is 0 Å². The summed E-state index contributed by atoms with van der Waals surface area (Å²) in [5.74, 6) is -0.340. The molecule has 0 spiro atoms. The Bertz CT molecular complexity index is 1030. The zero-order chi connectivity index (χ0) is 25.5. The van der Waals surface area contributed by atoms with Gasteiger partial charge in [0.05, 0.1) is 31.4 Å². The maximum atomic E-state index is 13.7. The summed E-state index contributed by atoms with van der Waals surface area (Å²) in [6, 6.07) is 14.7. The van der Waals surface area contributed by atoms with Gasteiger partial charge in [-0.25, -0.2) is 4.79 Å². The van der Waals surface area contributed by atoms with Crippen LogP contribution in [-0.4, -0.2) is 61.8 Å². The summed E-state index contributed by atoms with van der Waals surface area (Å²) in [4.78, 5) is 27.8. The molecule has 36 heavy (non-hydrogen) atoms. The molecule has 8 heteroatoms. The van der Waals surface area contributed by atoms with Crippen molar-refractivity contribution in [1.29, 1.82) is 0 Å². The van der Waals surface area contributed by atoms with Crippen molar-refractivity contribution in [3.63, 3.8) is 0 Å². The Morgan fingerprint density at radius 2 is 1.83 bits per heavy atom. The zero-order valence-electron chi connectivity index (χ0n) is 21.0. The van der Waals surface area contributed by atoms with Crippen LogP contribution in [-0.2, 0) is 25.6 Å². The number of nitrogens with one attached hydrogen (secondary N) is 1. The van der Waals surface area contributed by atoms with Gasteiger partial charge in [0.15, 0.2) is 0 Å². The van der Waals surface area contributed by atoms with E-state index in [1.165, 1.54) is 7.11 Å². The summed E-state index contributed by atoms with van der Waals surface area (Å²) < 4.78 is 16.6. The van der Waals surface area contributed by atoms with Crippen molar-refractivity contribution in [3.8, 4) is 0 Å². The van der Waals surface area contributed by atoms with E-state index >= 15 is 0 Å². The van der Waals surface area contributed by atoms with Crippen molar-refractivity contribution in [3.05, 3.63) is 70.2 Å². The fraction of sp³-hybridized carbons (Fsp3) is 0.500. The van der Waals surface area contributed by atoms with Crippen molar-refractivity contribution >= 4 is 23.5 Å². The quantitative estimate of drug-likeness (QED) is 0.521. The van der Waals surface area contributed by atoms with E-state index < -0.39 is 5.54 Å². The third-order valence-electron chi connectivity index (χ3n) is 7.34. The number of carbonyl (C=O) groups is 2. The number of ether oxygens (including phenoxy) is 3.